The van der Waals surface area contributed by atoms with Crippen molar-refractivity contribution in [3.8, 4) is 0 Å². The zero-order chi connectivity index (χ0) is 17.8. The lowest BCUT2D eigenvalue weighted by molar-refractivity contribution is 0.102. The Hall–Kier alpha value is -1.65. The molecule has 0 saturated carbocycles. The molecule has 0 spiro atoms. The van der Waals surface area contributed by atoms with Crippen LogP contribution in [0, 0.1) is 0 Å². The summed E-state index contributed by atoms with van der Waals surface area (Å²) in [5.41, 5.74) is 3.67. The van der Waals surface area contributed by atoms with Gasteiger partial charge in [0.1, 0.15) is 5.00 Å². The molecular weight excluding hydrogens is 340 g/mol. The Bertz CT molecular complexity index is 745. The fourth-order valence-electron chi connectivity index (χ4n) is 4.18. The lowest BCUT2D eigenvalue weighted by Crippen LogP contribution is -2.25. The number of anilines is 1. The van der Waals surface area contributed by atoms with E-state index >= 15 is 0 Å². The topological polar surface area (TPSA) is 32.3 Å². The Morgan fingerprint density at radius 2 is 1.69 bits per heavy atom. The van der Waals surface area contributed by atoms with Gasteiger partial charge in [-0.2, -0.15) is 0 Å². The number of amides is 1. The number of rotatable bonds is 4. The second-order valence-electron chi connectivity index (χ2n) is 7.53. The van der Waals surface area contributed by atoms with Crippen molar-refractivity contribution in [2.75, 3.05) is 18.4 Å². The Labute approximate surface area is 160 Å². The minimum Gasteiger partial charge on any atom is -0.313 e. The molecule has 0 radical (unpaired) electrons. The third-order valence-electron chi connectivity index (χ3n) is 5.62. The molecule has 1 saturated heterocycles. The fourth-order valence-corrected chi connectivity index (χ4v) is 5.48. The molecule has 1 aliphatic carbocycles. The summed E-state index contributed by atoms with van der Waals surface area (Å²) in [6.45, 7) is 3.38. The summed E-state index contributed by atoms with van der Waals surface area (Å²) in [5.74, 6) is 0.0151. The van der Waals surface area contributed by atoms with Gasteiger partial charge < -0.3 is 5.32 Å². The normalized spacial score (nSPS) is 18.2. The van der Waals surface area contributed by atoms with Crippen molar-refractivity contribution >= 4 is 22.2 Å². The minimum atomic E-state index is 0.0151. The number of likely N-dealkylation sites (tertiary alicyclic amines) is 1. The quantitative estimate of drug-likeness (QED) is 0.799. The van der Waals surface area contributed by atoms with Gasteiger partial charge in [0.15, 0.2) is 0 Å². The van der Waals surface area contributed by atoms with E-state index in [-0.39, 0.29) is 5.91 Å². The summed E-state index contributed by atoms with van der Waals surface area (Å²) in [5, 5.41) is 4.33. The summed E-state index contributed by atoms with van der Waals surface area (Å²) >= 11 is 1.82. The summed E-state index contributed by atoms with van der Waals surface area (Å²) in [4.78, 5) is 16.8. The molecule has 4 rings (SSSR count). The maximum atomic E-state index is 12.7. The van der Waals surface area contributed by atoms with Crippen molar-refractivity contribution in [1.82, 2.24) is 4.90 Å². The zero-order valence-corrected chi connectivity index (χ0v) is 16.2. The van der Waals surface area contributed by atoms with Gasteiger partial charge in [-0.05, 0) is 69.3 Å². The number of carbonyl (C=O) groups is 1. The van der Waals surface area contributed by atoms with E-state index in [1.165, 1.54) is 80.5 Å². The van der Waals surface area contributed by atoms with Gasteiger partial charge in [-0.15, -0.1) is 11.3 Å². The van der Waals surface area contributed by atoms with E-state index in [1.54, 1.807) is 0 Å². The van der Waals surface area contributed by atoms with Gasteiger partial charge in [0.25, 0.3) is 5.91 Å². The van der Waals surface area contributed by atoms with Crippen LogP contribution in [0.25, 0.3) is 0 Å². The second kappa shape index (κ2) is 8.36. The molecule has 1 aromatic carbocycles. The third kappa shape index (κ3) is 4.02. The van der Waals surface area contributed by atoms with Crippen LogP contribution < -0.4 is 5.32 Å². The molecule has 1 aromatic heterocycles. The van der Waals surface area contributed by atoms with Gasteiger partial charge in [-0.25, -0.2) is 0 Å². The monoisotopic (exact) mass is 368 g/mol. The van der Waals surface area contributed by atoms with Crippen LogP contribution in [0.2, 0.25) is 0 Å². The van der Waals surface area contributed by atoms with Gasteiger partial charge in [0.05, 0.1) is 0 Å². The van der Waals surface area contributed by atoms with E-state index in [0.29, 0.717) is 0 Å². The smallest absolute Gasteiger partial charge is 0.256 e. The first-order valence-corrected chi connectivity index (χ1v) is 10.8. The van der Waals surface area contributed by atoms with Crippen LogP contribution in [0.4, 0.5) is 5.00 Å². The number of nitrogens with one attached hydrogen (secondary N) is 1. The molecule has 2 aliphatic rings. The van der Waals surface area contributed by atoms with Gasteiger partial charge in [0, 0.05) is 22.5 Å². The molecule has 1 N–H and O–H groups in total. The minimum absolute atomic E-state index is 0.0151. The Morgan fingerprint density at radius 3 is 2.46 bits per heavy atom. The summed E-state index contributed by atoms with van der Waals surface area (Å²) in [6.07, 6.45) is 10.2. The first-order chi connectivity index (χ1) is 12.8. The van der Waals surface area contributed by atoms with E-state index in [4.69, 9.17) is 0 Å². The van der Waals surface area contributed by atoms with Gasteiger partial charge in [-0.1, -0.05) is 31.0 Å². The van der Waals surface area contributed by atoms with Crippen molar-refractivity contribution in [1.29, 1.82) is 0 Å². The molecule has 0 bridgehead atoms. The van der Waals surface area contributed by atoms with Crippen LogP contribution in [0.1, 0.15) is 64.9 Å². The molecule has 0 atom stereocenters. The molecule has 0 unspecified atom stereocenters. The number of fused-ring (bicyclic) bond motifs is 1. The van der Waals surface area contributed by atoms with E-state index < -0.39 is 0 Å². The first kappa shape index (κ1) is 17.7. The molecule has 1 fully saturated rings. The van der Waals surface area contributed by atoms with Crippen LogP contribution in [0.5, 0.6) is 0 Å². The van der Waals surface area contributed by atoms with Crippen molar-refractivity contribution < 1.29 is 4.79 Å². The Kier molecular flexibility index (Phi) is 5.71. The van der Waals surface area contributed by atoms with Gasteiger partial charge in [0.2, 0.25) is 0 Å². The van der Waals surface area contributed by atoms with E-state index in [2.05, 4.69) is 10.2 Å². The highest BCUT2D eigenvalue weighted by Crippen LogP contribution is 2.39. The molecule has 2 heterocycles. The number of nitrogens with zero attached hydrogens (tertiary/aromatic N) is 1. The van der Waals surface area contributed by atoms with E-state index in [9.17, 15) is 4.79 Å². The van der Waals surface area contributed by atoms with Crippen molar-refractivity contribution in [2.45, 2.75) is 57.9 Å². The Balaban J connectivity index is 1.58. The van der Waals surface area contributed by atoms with Crippen molar-refractivity contribution in [3.05, 3.63) is 51.9 Å². The lowest BCUT2D eigenvalue weighted by atomic mass is 9.95. The standard InChI is InChI=1S/C22H28N2OS/c25-21(17-10-4-3-5-11-17)23-22-19(16-24-14-8-1-2-9-15-24)18-12-6-7-13-20(18)26-22/h3-5,10-11H,1-2,6-9,12-16H2,(H,23,25). The molecule has 3 nitrogen and oxygen atoms in total. The largest absolute Gasteiger partial charge is 0.313 e. The summed E-state index contributed by atoms with van der Waals surface area (Å²) in [6, 6.07) is 9.57. The highest BCUT2D eigenvalue weighted by molar-refractivity contribution is 7.16. The SMILES string of the molecule is O=C(Nc1sc2c(c1CN1CCCCCC1)CCCC2)c1ccccc1. The second-order valence-corrected chi connectivity index (χ2v) is 8.63. The van der Waals surface area contributed by atoms with Crippen LogP contribution in [-0.2, 0) is 19.4 Å². The van der Waals surface area contributed by atoms with Crippen molar-refractivity contribution in [3.63, 3.8) is 0 Å². The zero-order valence-electron chi connectivity index (χ0n) is 15.4. The van der Waals surface area contributed by atoms with E-state index in [0.717, 1.165) is 17.1 Å². The van der Waals surface area contributed by atoms with Gasteiger partial charge in [-0.3, -0.25) is 9.69 Å². The maximum Gasteiger partial charge on any atom is 0.256 e. The first-order valence-electron chi connectivity index (χ1n) is 10.0. The van der Waals surface area contributed by atoms with Crippen LogP contribution >= 0.6 is 11.3 Å². The molecule has 1 aliphatic heterocycles. The number of carbonyl (C=O) groups excluding carboxylic acids is 1. The summed E-state index contributed by atoms with van der Waals surface area (Å²) < 4.78 is 0. The molecule has 26 heavy (non-hydrogen) atoms. The van der Waals surface area contributed by atoms with Crippen LogP contribution in [-0.4, -0.2) is 23.9 Å². The van der Waals surface area contributed by atoms with Crippen LogP contribution in [0.15, 0.2) is 30.3 Å². The van der Waals surface area contributed by atoms with Gasteiger partial charge >= 0.3 is 0 Å². The molecule has 2 aromatic rings. The lowest BCUT2D eigenvalue weighted by Gasteiger charge is -2.22. The molecule has 138 valence electrons. The fraction of sp³-hybridized carbons (Fsp3) is 0.500. The van der Waals surface area contributed by atoms with E-state index in [1.807, 2.05) is 41.7 Å². The number of hydrogen-bond donors (Lipinski definition) is 1. The molecular formula is C22H28N2OS. The van der Waals surface area contributed by atoms with Crippen LogP contribution in [0.3, 0.4) is 0 Å². The highest BCUT2D eigenvalue weighted by Gasteiger charge is 2.24. The predicted octanol–water partition coefficient (Wildman–Crippen LogP) is 5.26. The average Bonchev–Trinajstić information content (AvgIpc) is 2.84. The number of benzene rings is 1. The number of aryl methyl sites for hydroxylation is 1. The third-order valence-corrected chi connectivity index (χ3v) is 6.87. The van der Waals surface area contributed by atoms with Crippen molar-refractivity contribution in [2.24, 2.45) is 0 Å². The summed E-state index contributed by atoms with van der Waals surface area (Å²) in [7, 11) is 0. The predicted molar refractivity (Wildman–Crippen MR) is 109 cm³/mol. The highest BCUT2D eigenvalue weighted by atomic mass is 32.1. The average molecular weight is 369 g/mol. The maximum absolute atomic E-state index is 12.7. The molecule has 4 heteroatoms. The molecule has 1 amide bonds. The number of thiophene rings is 1. The Morgan fingerprint density at radius 1 is 0.962 bits per heavy atom. The number of hydrogen-bond acceptors (Lipinski definition) is 3.